The van der Waals surface area contributed by atoms with E-state index in [1.165, 1.54) is 47.9 Å². The summed E-state index contributed by atoms with van der Waals surface area (Å²) < 4.78 is 44.6. The molecule has 0 unspecified atom stereocenters. The minimum atomic E-state index is -6.00. The maximum absolute atomic E-state index is 13.9. The summed E-state index contributed by atoms with van der Waals surface area (Å²) in [5, 5.41) is 1.44. The van der Waals surface area contributed by atoms with Crippen molar-refractivity contribution in [3.8, 4) is 0 Å². The molecule has 4 aromatic rings. The Morgan fingerprint density at radius 2 is 0.655 bits per heavy atom. The van der Waals surface area contributed by atoms with Crippen molar-refractivity contribution in [3.63, 3.8) is 0 Å². The Morgan fingerprint density at radius 1 is 0.436 bits per heavy atom. The quantitative estimate of drug-likeness (QED) is 0.0484. The van der Waals surface area contributed by atoms with Gasteiger partial charge in [0, 0.05) is 22.6 Å². The first-order valence-electron chi connectivity index (χ1n) is 18.6. The molecule has 55 heavy (non-hydrogen) atoms. The summed E-state index contributed by atoms with van der Waals surface area (Å²) in [5.41, 5.74) is 5.88. The fourth-order valence-electron chi connectivity index (χ4n) is 7.94. The number of allylic oxidation sites excluding steroid dienone is 4. The third-order valence-corrected chi connectivity index (χ3v) is 17.1. The van der Waals surface area contributed by atoms with Crippen molar-refractivity contribution < 1.29 is 51.1 Å². The van der Waals surface area contributed by atoms with Gasteiger partial charge in [-0.15, -0.1) is 0 Å². The van der Waals surface area contributed by atoms with Gasteiger partial charge in [-0.05, 0) is 73.6 Å². The predicted molar refractivity (Wildman–Crippen MR) is 214 cm³/mol. The van der Waals surface area contributed by atoms with Gasteiger partial charge in [0.15, 0.2) is 0 Å². The third kappa shape index (κ3) is 11.3. The molecule has 2 saturated heterocycles. The summed E-state index contributed by atoms with van der Waals surface area (Å²) in [6.45, 7) is 0. The third-order valence-electron chi connectivity index (χ3n) is 10.2. The van der Waals surface area contributed by atoms with E-state index in [2.05, 4.69) is 121 Å². The number of esters is 2. The smallest absolute Gasteiger partial charge is 0.418 e. The van der Waals surface area contributed by atoms with E-state index in [9.17, 15) is 26.9 Å². The van der Waals surface area contributed by atoms with Gasteiger partial charge in [0.2, 0.25) is 0 Å². The van der Waals surface area contributed by atoms with Gasteiger partial charge in [0.05, 0.1) is 10.6 Å². The van der Waals surface area contributed by atoms with Crippen LogP contribution >= 0.6 is 15.8 Å². The van der Waals surface area contributed by atoms with Crippen molar-refractivity contribution in [1.29, 1.82) is 0 Å². The summed E-state index contributed by atoms with van der Waals surface area (Å²) in [6, 6.07) is 42.4. The first-order chi connectivity index (χ1) is 26.2. The van der Waals surface area contributed by atoms with Crippen molar-refractivity contribution in [3.05, 3.63) is 179 Å². The van der Waals surface area contributed by atoms with Gasteiger partial charge < -0.3 is 22.0 Å². The van der Waals surface area contributed by atoms with E-state index in [-0.39, 0.29) is 42.1 Å². The van der Waals surface area contributed by atoms with E-state index in [0.29, 0.717) is 0 Å². The minimum Gasteiger partial charge on any atom is -0.418 e. The molecule has 8 rings (SSSR count). The Labute approximate surface area is 337 Å². The number of carbonyl (C=O) groups excluding carboxylic acids is 2. The molecule has 1 aliphatic carbocycles. The molecule has 11 heteroatoms. The van der Waals surface area contributed by atoms with Crippen LogP contribution in [0.25, 0.3) is 0 Å². The summed E-state index contributed by atoms with van der Waals surface area (Å²) in [7, 11) is -8.05. The van der Waals surface area contributed by atoms with Gasteiger partial charge in [-0.2, -0.15) is 0 Å². The van der Waals surface area contributed by atoms with Crippen LogP contribution in [0, 0.1) is 0 Å². The van der Waals surface area contributed by atoms with E-state index < -0.39 is 35.0 Å². The van der Waals surface area contributed by atoms with Crippen LogP contribution in [0.4, 0.5) is 17.3 Å². The number of carbonyl (C=O) groups is 2. The van der Waals surface area contributed by atoms with E-state index in [1.54, 1.807) is 0 Å². The first-order valence-corrected chi connectivity index (χ1v) is 21.6. The number of hydrogen-bond acceptors (Lipinski definition) is 3. The number of cyclic esters (lactones) is 2. The van der Waals surface area contributed by atoms with Gasteiger partial charge in [-0.25, -0.2) is 9.59 Å². The fourth-order valence-corrected chi connectivity index (χ4v) is 15.6. The molecular weight excluding hydrogens is 828 g/mol. The number of halogens is 4. The molecule has 4 aliphatic rings. The normalized spacial score (nSPS) is 23.9. The average Bonchev–Trinajstić information content (AvgIpc) is 3.87. The molecule has 3 heterocycles. The molecule has 0 bridgehead atoms. The largest absolute Gasteiger partial charge is 1.00 e. The molecule has 0 spiro atoms. The zero-order chi connectivity index (χ0) is 37.9. The summed E-state index contributed by atoms with van der Waals surface area (Å²) in [6.07, 6.45) is 18.0. The molecule has 2 fully saturated rings. The number of ether oxygens (including phenoxy) is 1. The predicted octanol–water partition coefficient (Wildman–Crippen LogP) is 13.8. The minimum absolute atomic E-state index is 0. The number of hydrogen-bond donors (Lipinski definition) is 0. The molecule has 0 radical (unpaired) electrons. The van der Waals surface area contributed by atoms with Crippen molar-refractivity contribution >= 4 is 35.0 Å². The zero-order valence-electron chi connectivity index (χ0n) is 30.4. The van der Waals surface area contributed by atoms with Crippen molar-refractivity contribution in [1.82, 2.24) is 0 Å². The van der Waals surface area contributed by atoms with E-state index in [4.69, 9.17) is 4.74 Å². The Kier molecular flexibility index (Phi) is 16.0. The monoisotopic (exact) mass is 872 g/mol. The number of rotatable bonds is 6. The standard InChI is InChI=1S/C36H32O3P2.C8H12.BF4.Rh/c37-35-33(40-29(25-13-5-1-6-14-25)21-22-30(40)26-15-7-2-8-16-26)34(36(38)39-35)41-31(27-17-9-3-10-18-27)23-24-32(41)28-19-11-4-12-20-28;1-2-4-6-8-7-5-3-1;2-1(3,4)5;/h1-20,29-32H,21-24H2;1-2,7-8H,3-6H2;;/q;;-1;+1/b;2-1-,8-7-;;/t29-,30-,31-,32-;;;/m0.../s1. The average molecular weight is 872 g/mol. The molecular formula is C44H44BF4O3P2Rh. The molecule has 288 valence electrons. The van der Waals surface area contributed by atoms with Crippen molar-refractivity contribution in [2.75, 3.05) is 0 Å². The van der Waals surface area contributed by atoms with E-state index >= 15 is 0 Å². The van der Waals surface area contributed by atoms with Crippen LogP contribution in [-0.2, 0) is 33.8 Å². The van der Waals surface area contributed by atoms with Crippen LogP contribution < -0.4 is 0 Å². The summed E-state index contributed by atoms with van der Waals surface area (Å²) >= 11 is 0. The SMILES string of the molecule is C1=C\CC/C=C\CC/1.F[B-](F)(F)F.O=C1OC(=O)C(P2[C@H](c3ccccc3)CC[C@H]2c2ccccc2)=C1P1[C@H](c2ccccc2)CC[C@H]1c1ccccc1.[Rh+]. The van der Waals surface area contributed by atoms with Gasteiger partial charge in [-0.3, -0.25) is 0 Å². The Bertz CT molecular complexity index is 1680. The number of benzene rings is 4. The Hall–Kier alpha value is -3.49. The van der Waals surface area contributed by atoms with Crippen molar-refractivity contribution in [2.45, 2.75) is 74.0 Å². The van der Waals surface area contributed by atoms with Crippen LogP contribution in [0.1, 0.15) is 96.3 Å². The molecule has 0 aromatic heterocycles. The Balaban J connectivity index is 0.000000355. The Morgan fingerprint density at radius 3 is 0.873 bits per heavy atom. The maximum atomic E-state index is 13.9. The molecule has 0 saturated carbocycles. The van der Waals surface area contributed by atoms with E-state index in [1.807, 2.05) is 24.3 Å². The zero-order valence-corrected chi connectivity index (χ0v) is 33.8. The van der Waals surface area contributed by atoms with Crippen LogP contribution in [0.15, 0.2) is 156 Å². The topological polar surface area (TPSA) is 43.4 Å². The van der Waals surface area contributed by atoms with Gasteiger partial charge in [-0.1, -0.05) is 161 Å². The molecule has 3 aliphatic heterocycles. The fraction of sp³-hybridized carbons (Fsp3) is 0.273. The first kappa shape index (κ1) is 42.6. The van der Waals surface area contributed by atoms with Crippen LogP contribution in [-0.4, -0.2) is 19.2 Å². The van der Waals surface area contributed by atoms with Gasteiger partial charge in [0.25, 0.3) is 0 Å². The summed E-state index contributed by atoms with van der Waals surface area (Å²) in [5.74, 6) is -0.791. The molecule has 0 amide bonds. The molecule has 4 atom stereocenters. The van der Waals surface area contributed by atoms with Crippen molar-refractivity contribution in [2.24, 2.45) is 0 Å². The molecule has 3 nitrogen and oxygen atoms in total. The molecule has 0 N–H and O–H groups in total. The van der Waals surface area contributed by atoms with Gasteiger partial charge >= 0.3 is 38.7 Å². The second kappa shape index (κ2) is 20.6. The summed E-state index contributed by atoms with van der Waals surface area (Å²) in [4.78, 5) is 27.8. The van der Waals surface area contributed by atoms with Gasteiger partial charge in [0.1, 0.15) is 0 Å². The maximum Gasteiger partial charge on any atom is 1.00 e. The van der Waals surface area contributed by atoms with E-state index in [0.717, 1.165) is 36.3 Å². The second-order valence-electron chi connectivity index (χ2n) is 13.6. The second-order valence-corrected chi connectivity index (χ2v) is 18.7. The molecule has 4 aromatic carbocycles. The van der Waals surface area contributed by atoms with Crippen LogP contribution in [0.2, 0.25) is 0 Å². The van der Waals surface area contributed by atoms with Crippen LogP contribution in [0.3, 0.4) is 0 Å². The van der Waals surface area contributed by atoms with Crippen LogP contribution in [0.5, 0.6) is 0 Å².